The third kappa shape index (κ3) is 3.66. The van der Waals surface area contributed by atoms with Gasteiger partial charge in [-0.25, -0.2) is 4.99 Å². The van der Waals surface area contributed by atoms with Gasteiger partial charge in [0.15, 0.2) is 6.23 Å². The predicted molar refractivity (Wildman–Crippen MR) is 77.6 cm³/mol. The van der Waals surface area contributed by atoms with E-state index < -0.39 is 0 Å². The van der Waals surface area contributed by atoms with E-state index in [1.807, 2.05) is 6.92 Å². The van der Waals surface area contributed by atoms with Crippen LogP contribution in [0.4, 0.5) is 0 Å². The molecule has 3 nitrogen and oxygen atoms in total. The van der Waals surface area contributed by atoms with Crippen LogP contribution in [0.3, 0.4) is 0 Å². The summed E-state index contributed by atoms with van der Waals surface area (Å²) >= 11 is 0. The summed E-state index contributed by atoms with van der Waals surface area (Å²) in [5, 5.41) is 10.0. The van der Waals surface area contributed by atoms with Crippen LogP contribution in [-0.4, -0.2) is 41.3 Å². The molecule has 1 heterocycles. The Kier molecular flexibility index (Phi) is 6.58. The van der Waals surface area contributed by atoms with Gasteiger partial charge in [0.25, 0.3) is 0 Å². The second-order valence-electron chi connectivity index (χ2n) is 5.13. The number of quaternary nitrogens is 1. The fourth-order valence-corrected chi connectivity index (χ4v) is 2.77. The summed E-state index contributed by atoms with van der Waals surface area (Å²) in [6.07, 6.45) is 9.92. The van der Waals surface area contributed by atoms with Crippen LogP contribution in [0.1, 0.15) is 52.9 Å². The van der Waals surface area contributed by atoms with E-state index in [0.29, 0.717) is 4.48 Å². The highest BCUT2D eigenvalue weighted by atomic mass is 16.3. The molecule has 0 aliphatic carbocycles. The van der Waals surface area contributed by atoms with Gasteiger partial charge in [0, 0.05) is 13.3 Å². The Labute approximate surface area is 112 Å². The number of likely N-dealkylation sites (N-methyl/N-ethyl adjacent to an activating group) is 1. The van der Waals surface area contributed by atoms with E-state index in [2.05, 4.69) is 31.0 Å². The zero-order valence-electron chi connectivity index (χ0n) is 12.2. The van der Waals surface area contributed by atoms with Crippen molar-refractivity contribution in [3.05, 3.63) is 12.2 Å². The Morgan fingerprint density at radius 3 is 2.72 bits per heavy atom. The normalized spacial score (nSPS) is 25.7. The smallest absolute Gasteiger partial charge is 0.200 e. The fraction of sp³-hybridized carbons (Fsp3) is 0.800. The van der Waals surface area contributed by atoms with Crippen molar-refractivity contribution in [2.24, 2.45) is 4.99 Å². The molecule has 0 radical (unpaired) electrons. The molecule has 2 unspecified atom stereocenters. The van der Waals surface area contributed by atoms with Gasteiger partial charge in [-0.05, 0) is 32.6 Å². The van der Waals surface area contributed by atoms with Crippen molar-refractivity contribution in [3.8, 4) is 0 Å². The lowest BCUT2D eigenvalue weighted by Gasteiger charge is -2.36. The van der Waals surface area contributed by atoms with Crippen molar-refractivity contribution in [1.82, 2.24) is 0 Å². The zero-order chi connectivity index (χ0) is 13.4. The molecular formula is C15H29N2O+. The van der Waals surface area contributed by atoms with Gasteiger partial charge in [0.05, 0.1) is 13.1 Å². The summed E-state index contributed by atoms with van der Waals surface area (Å²) in [6.45, 7) is 9.01. The van der Waals surface area contributed by atoms with Crippen molar-refractivity contribution in [3.63, 3.8) is 0 Å². The van der Waals surface area contributed by atoms with Crippen LogP contribution >= 0.6 is 0 Å². The molecule has 0 aromatic carbocycles. The van der Waals surface area contributed by atoms with Crippen LogP contribution in [0.15, 0.2) is 17.1 Å². The van der Waals surface area contributed by atoms with Gasteiger partial charge in [-0.15, -0.1) is 0 Å². The molecule has 0 amide bonds. The number of hydrogen-bond acceptors (Lipinski definition) is 2. The second-order valence-corrected chi connectivity index (χ2v) is 5.13. The van der Waals surface area contributed by atoms with Crippen molar-refractivity contribution in [2.45, 2.75) is 59.1 Å². The maximum absolute atomic E-state index is 10.0. The van der Waals surface area contributed by atoms with Crippen molar-refractivity contribution >= 4 is 5.84 Å². The molecule has 0 aromatic rings. The second kappa shape index (κ2) is 7.70. The van der Waals surface area contributed by atoms with Crippen LogP contribution in [-0.2, 0) is 0 Å². The van der Waals surface area contributed by atoms with Gasteiger partial charge in [-0.3, -0.25) is 4.48 Å². The molecule has 1 aliphatic rings. The van der Waals surface area contributed by atoms with E-state index in [0.717, 1.165) is 32.5 Å². The van der Waals surface area contributed by atoms with Crippen molar-refractivity contribution in [1.29, 1.82) is 0 Å². The van der Waals surface area contributed by atoms with E-state index in [9.17, 15) is 5.11 Å². The Hall–Kier alpha value is -0.670. The van der Waals surface area contributed by atoms with Crippen LogP contribution in [0, 0.1) is 0 Å². The molecule has 2 atom stereocenters. The Balaban J connectivity index is 2.39. The lowest BCUT2D eigenvalue weighted by molar-refractivity contribution is -0.882. The maximum Gasteiger partial charge on any atom is 0.200 e. The van der Waals surface area contributed by atoms with Gasteiger partial charge in [-0.2, -0.15) is 0 Å². The molecule has 3 heteroatoms. The first-order chi connectivity index (χ1) is 8.67. The van der Waals surface area contributed by atoms with Crippen molar-refractivity contribution < 1.29 is 9.59 Å². The average Bonchev–Trinajstić information content (AvgIpc) is 2.77. The molecule has 0 aromatic heterocycles. The number of nitrogens with zero attached hydrogens (tertiary/aromatic N) is 2. The maximum atomic E-state index is 10.0. The summed E-state index contributed by atoms with van der Waals surface area (Å²) in [5.74, 6) is 1.21. The number of allylic oxidation sites excluding steroid dienone is 2. The fourth-order valence-electron chi connectivity index (χ4n) is 2.77. The van der Waals surface area contributed by atoms with E-state index in [-0.39, 0.29) is 6.23 Å². The number of hydrogen-bond donors (Lipinski definition) is 1. The van der Waals surface area contributed by atoms with E-state index in [1.54, 1.807) is 0 Å². The third-order valence-electron chi connectivity index (χ3n) is 4.01. The molecule has 1 aliphatic heterocycles. The number of aliphatic hydroxyl groups excluding tert-OH is 1. The quantitative estimate of drug-likeness (QED) is 0.402. The topological polar surface area (TPSA) is 32.6 Å². The lowest BCUT2D eigenvalue weighted by Crippen LogP contribution is -2.56. The van der Waals surface area contributed by atoms with Crippen LogP contribution in [0.5, 0.6) is 0 Å². The summed E-state index contributed by atoms with van der Waals surface area (Å²) in [6, 6.07) is 0. The highest BCUT2D eigenvalue weighted by Crippen LogP contribution is 2.22. The summed E-state index contributed by atoms with van der Waals surface area (Å²) in [7, 11) is 0. The molecule has 1 rings (SSSR count). The highest BCUT2D eigenvalue weighted by molar-refractivity contribution is 5.76. The van der Waals surface area contributed by atoms with Gasteiger partial charge >= 0.3 is 0 Å². The number of amidine groups is 1. The molecule has 0 saturated carbocycles. The van der Waals surface area contributed by atoms with Gasteiger partial charge < -0.3 is 5.11 Å². The zero-order valence-corrected chi connectivity index (χ0v) is 12.2. The van der Waals surface area contributed by atoms with Crippen LogP contribution in [0.2, 0.25) is 0 Å². The third-order valence-corrected chi connectivity index (χ3v) is 4.01. The largest absolute Gasteiger partial charge is 0.345 e. The molecule has 0 spiro atoms. The number of rotatable bonds is 8. The van der Waals surface area contributed by atoms with Crippen molar-refractivity contribution in [2.75, 3.05) is 19.6 Å². The molecule has 0 bridgehead atoms. The molecule has 104 valence electrons. The molecule has 0 saturated heterocycles. The molecule has 18 heavy (non-hydrogen) atoms. The highest BCUT2D eigenvalue weighted by Gasteiger charge is 2.40. The summed E-state index contributed by atoms with van der Waals surface area (Å²) in [4.78, 5) is 4.63. The minimum Gasteiger partial charge on any atom is -0.345 e. The first-order valence-corrected chi connectivity index (χ1v) is 7.41. The monoisotopic (exact) mass is 253 g/mol. The predicted octanol–water partition coefficient (Wildman–Crippen LogP) is 3.10. The Morgan fingerprint density at radius 1 is 1.33 bits per heavy atom. The average molecular weight is 253 g/mol. The van der Waals surface area contributed by atoms with E-state index in [1.165, 1.54) is 25.1 Å². The van der Waals surface area contributed by atoms with E-state index >= 15 is 0 Å². The van der Waals surface area contributed by atoms with Gasteiger partial charge in [0.2, 0.25) is 5.84 Å². The van der Waals surface area contributed by atoms with Crippen LogP contribution < -0.4 is 0 Å². The first kappa shape index (κ1) is 15.4. The SMILES string of the molecule is CC/C=C/CCCCC1=NCC[N+]1(CC)C(C)O. The molecule has 1 N–H and O–H groups in total. The minimum absolute atomic E-state index is 0.323. The van der Waals surface area contributed by atoms with E-state index in [4.69, 9.17) is 0 Å². The first-order valence-electron chi connectivity index (χ1n) is 7.41. The lowest BCUT2D eigenvalue weighted by atomic mass is 10.1. The number of unbranched alkanes of at least 4 members (excludes halogenated alkanes) is 2. The number of aliphatic hydroxyl groups is 1. The minimum atomic E-state index is -0.323. The molecular weight excluding hydrogens is 224 g/mol. The van der Waals surface area contributed by atoms with Gasteiger partial charge in [-0.1, -0.05) is 19.1 Å². The number of aliphatic imine (C=N–C) groups is 1. The molecule has 0 fully saturated rings. The summed E-state index contributed by atoms with van der Waals surface area (Å²) < 4.78 is 0.699. The summed E-state index contributed by atoms with van der Waals surface area (Å²) in [5.41, 5.74) is 0. The Morgan fingerprint density at radius 2 is 2.11 bits per heavy atom. The Bertz CT molecular complexity index is 297. The standard InChI is InChI=1S/C15H29N2O/c1-4-6-7-8-9-10-11-15-16-12-13-17(15,5-2)14(3)18/h6-7,14,18H,4-5,8-13H2,1-3H3/q+1/b7-6+. The van der Waals surface area contributed by atoms with Crippen LogP contribution in [0.25, 0.3) is 0 Å². The van der Waals surface area contributed by atoms with Gasteiger partial charge in [0.1, 0.15) is 6.54 Å².